The Labute approximate surface area is 83.4 Å². The summed E-state index contributed by atoms with van der Waals surface area (Å²) in [6.45, 7) is 3.59. The van der Waals surface area contributed by atoms with Crippen LogP contribution in [0.4, 0.5) is 0 Å². The molecular formula is C11H14O3. The van der Waals surface area contributed by atoms with Gasteiger partial charge < -0.3 is 9.84 Å². The van der Waals surface area contributed by atoms with Crippen LogP contribution in [0.25, 0.3) is 0 Å². The van der Waals surface area contributed by atoms with Crippen molar-refractivity contribution in [3.05, 3.63) is 35.8 Å². The summed E-state index contributed by atoms with van der Waals surface area (Å²) in [6, 6.07) is 0. The van der Waals surface area contributed by atoms with Crippen molar-refractivity contribution in [3.8, 4) is 0 Å². The number of aliphatic hydroxyl groups excluding tert-OH is 1. The first-order valence-corrected chi connectivity index (χ1v) is 4.57. The molecule has 1 aliphatic rings. The summed E-state index contributed by atoms with van der Waals surface area (Å²) in [5.74, 6) is 0.430. The highest BCUT2D eigenvalue weighted by Gasteiger charge is 2.28. The molecule has 0 aromatic heterocycles. The van der Waals surface area contributed by atoms with Crippen LogP contribution in [0.5, 0.6) is 0 Å². The predicted molar refractivity (Wildman–Crippen MR) is 53.8 cm³/mol. The Bertz CT molecular complexity index is 310. The lowest BCUT2D eigenvalue weighted by atomic mass is 10.1. The van der Waals surface area contributed by atoms with Gasteiger partial charge in [-0.2, -0.15) is 0 Å². The van der Waals surface area contributed by atoms with Gasteiger partial charge in [-0.3, -0.25) is 4.79 Å². The molecule has 1 N–H and O–H groups in total. The average molecular weight is 194 g/mol. The van der Waals surface area contributed by atoms with Crippen LogP contribution in [0.1, 0.15) is 20.3 Å². The van der Waals surface area contributed by atoms with Crippen LogP contribution >= 0.6 is 0 Å². The third-order valence-electron chi connectivity index (χ3n) is 1.90. The summed E-state index contributed by atoms with van der Waals surface area (Å²) < 4.78 is 5.27. The molecule has 0 radical (unpaired) electrons. The molecule has 76 valence electrons. The maximum Gasteiger partial charge on any atom is 0.196 e. The zero-order valence-corrected chi connectivity index (χ0v) is 8.36. The van der Waals surface area contributed by atoms with Gasteiger partial charge >= 0.3 is 0 Å². The maximum atomic E-state index is 11.4. The van der Waals surface area contributed by atoms with Gasteiger partial charge in [0.15, 0.2) is 17.6 Å². The number of aliphatic hydroxyl groups is 1. The zero-order valence-electron chi connectivity index (χ0n) is 8.36. The minimum atomic E-state index is -0.558. The number of carbonyl (C=O) groups excluding carboxylic acids is 1. The van der Waals surface area contributed by atoms with E-state index in [4.69, 9.17) is 4.74 Å². The van der Waals surface area contributed by atoms with Crippen molar-refractivity contribution in [2.75, 3.05) is 0 Å². The van der Waals surface area contributed by atoms with E-state index in [-0.39, 0.29) is 18.0 Å². The highest BCUT2D eigenvalue weighted by atomic mass is 16.5. The summed E-state index contributed by atoms with van der Waals surface area (Å²) in [5, 5.41) is 9.43. The van der Waals surface area contributed by atoms with Crippen LogP contribution in [-0.4, -0.2) is 17.0 Å². The van der Waals surface area contributed by atoms with E-state index in [9.17, 15) is 9.90 Å². The second-order valence-corrected chi connectivity index (χ2v) is 3.02. The van der Waals surface area contributed by atoms with Gasteiger partial charge in [0.05, 0.1) is 6.42 Å². The number of allylic oxidation sites excluding steroid dienone is 3. The molecule has 0 aliphatic carbocycles. The molecule has 1 unspecified atom stereocenters. The van der Waals surface area contributed by atoms with Gasteiger partial charge in [-0.15, -0.1) is 0 Å². The highest BCUT2D eigenvalue weighted by Crippen LogP contribution is 2.24. The monoisotopic (exact) mass is 194 g/mol. The molecule has 0 saturated carbocycles. The smallest absolute Gasteiger partial charge is 0.196 e. The molecule has 0 fully saturated rings. The van der Waals surface area contributed by atoms with Crippen molar-refractivity contribution in [2.45, 2.75) is 26.4 Å². The second kappa shape index (κ2) is 4.65. The van der Waals surface area contributed by atoms with E-state index in [1.54, 1.807) is 25.2 Å². The summed E-state index contributed by atoms with van der Waals surface area (Å²) in [4.78, 5) is 11.4. The van der Waals surface area contributed by atoms with Crippen molar-refractivity contribution in [1.29, 1.82) is 0 Å². The first-order valence-electron chi connectivity index (χ1n) is 4.57. The summed E-state index contributed by atoms with van der Waals surface area (Å²) in [6.07, 6.45) is 6.24. The van der Waals surface area contributed by atoms with E-state index in [0.717, 1.165) is 0 Å². The Hall–Kier alpha value is -1.51. The number of ether oxygens (including phenoxy) is 1. The minimum absolute atomic E-state index is 0.112. The minimum Gasteiger partial charge on any atom is -0.508 e. The number of carbonyl (C=O) groups is 1. The lowest BCUT2D eigenvalue weighted by molar-refractivity contribution is -0.122. The normalized spacial score (nSPS) is 22.3. The number of hydrogen-bond donors (Lipinski definition) is 1. The molecule has 3 heteroatoms. The molecule has 14 heavy (non-hydrogen) atoms. The Morgan fingerprint density at radius 2 is 2.21 bits per heavy atom. The molecule has 3 nitrogen and oxygen atoms in total. The van der Waals surface area contributed by atoms with E-state index in [2.05, 4.69) is 0 Å². The lowest BCUT2D eigenvalue weighted by Gasteiger charge is -2.06. The number of rotatable bonds is 3. The first kappa shape index (κ1) is 10.6. The molecule has 0 amide bonds. The van der Waals surface area contributed by atoms with Crippen LogP contribution in [0, 0.1) is 0 Å². The highest BCUT2D eigenvalue weighted by molar-refractivity contribution is 5.94. The largest absolute Gasteiger partial charge is 0.508 e. The van der Waals surface area contributed by atoms with Crippen LogP contribution in [0.15, 0.2) is 35.8 Å². The van der Waals surface area contributed by atoms with E-state index >= 15 is 0 Å². The molecule has 0 saturated heterocycles. The van der Waals surface area contributed by atoms with Crippen molar-refractivity contribution in [3.63, 3.8) is 0 Å². The van der Waals surface area contributed by atoms with E-state index in [1.165, 1.54) is 6.08 Å². The summed E-state index contributed by atoms with van der Waals surface area (Å²) >= 11 is 0. The van der Waals surface area contributed by atoms with E-state index in [0.29, 0.717) is 5.76 Å². The van der Waals surface area contributed by atoms with Crippen LogP contribution in [0.3, 0.4) is 0 Å². The number of hydrogen-bond acceptors (Lipinski definition) is 3. The van der Waals surface area contributed by atoms with Crippen molar-refractivity contribution in [1.82, 2.24) is 0 Å². The molecule has 1 aliphatic heterocycles. The quantitative estimate of drug-likeness (QED) is 0.701. The van der Waals surface area contributed by atoms with Gasteiger partial charge in [0.25, 0.3) is 0 Å². The SMILES string of the molecule is CC=CC(=O)C1CC(O)=C(C=CC)O1. The Morgan fingerprint density at radius 3 is 2.79 bits per heavy atom. The number of ketones is 1. The van der Waals surface area contributed by atoms with Gasteiger partial charge in [-0.05, 0) is 26.0 Å². The molecule has 0 spiro atoms. The van der Waals surface area contributed by atoms with Crippen LogP contribution in [0.2, 0.25) is 0 Å². The van der Waals surface area contributed by atoms with E-state index in [1.807, 2.05) is 6.92 Å². The van der Waals surface area contributed by atoms with Gasteiger partial charge in [-0.25, -0.2) is 0 Å². The van der Waals surface area contributed by atoms with Crippen LogP contribution < -0.4 is 0 Å². The van der Waals surface area contributed by atoms with Crippen molar-refractivity contribution >= 4 is 5.78 Å². The molecule has 0 aromatic rings. The fourth-order valence-electron chi connectivity index (χ4n) is 1.26. The maximum absolute atomic E-state index is 11.4. The fraction of sp³-hybridized carbons (Fsp3) is 0.364. The van der Waals surface area contributed by atoms with Crippen molar-refractivity contribution in [2.24, 2.45) is 0 Å². The van der Waals surface area contributed by atoms with Crippen LogP contribution in [-0.2, 0) is 9.53 Å². The Balaban J connectivity index is 2.65. The third-order valence-corrected chi connectivity index (χ3v) is 1.90. The van der Waals surface area contributed by atoms with Gasteiger partial charge in [0, 0.05) is 0 Å². The zero-order chi connectivity index (χ0) is 10.6. The van der Waals surface area contributed by atoms with Gasteiger partial charge in [-0.1, -0.05) is 12.2 Å². The first-order chi connectivity index (χ1) is 6.69. The molecular weight excluding hydrogens is 180 g/mol. The molecule has 1 rings (SSSR count). The molecule has 0 bridgehead atoms. The Kier molecular flexibility index (Phi) is 3.51. The topological polar surface area (TPSA) is 46.5 Å². The van der Waals surface area contributed by atoms with Gasteiger partial charge in [0.2, 0.25) is 0 Å². The third kappa shape index (κ3) is 2.25. The molecule has 1 heterocycles. The lowest BCUT2D eigenvalue weighted by Crippen LogP contribution is -2.17. The average Bonchev–Trinajstić information content (AvgIpc) is 2.49. The Morgan fingerprint density at radius 1 is 1.50 bits per heavy atom. The second-order valence-electron chi connectivity index (χ2n) is 3.02. The molecule has 1 atom stereocenters. The fourth-order valence-corrected chi connectivity index (χ4v) is 1.26. The van der Waals surface area contributed by atoms with E-state index < -0.39 is 6.10 Å². The standard InChI is InChI=1S/C11H14O3/c1-3-5-8(12)11-7-9(13)10(14-11)6-4-2/h3-6,11,13H,7H2,1-2H3. The van der Waals surface area contributed by atoms with Gasteiger partial charge in [0.1, 0.15) is 5.76 Å². The predicted octanol–water partition coefficient (Wildman–Crippen LogP) is 2.27. The van der Waals surface area contributed by atoms with Crippen molar-refractivity contribution < 1.29 is 14.6 Å². The molecule has 0 aromatic carbocycles. The summed E-state index contributed by atoms with van der Waals surface area (Å²) in [7, 11) is 0. The summed E-state index contributed by atoms with van der Waals surface area (Å²) in [5.41, 5.74) is 0.